The smallest absolute Gasteiger partial charge is 0.259 e. The quantitative estimate of drug-likeness (QED) is 0.300. The predicted octanol–water partition coefficient (Wildman–Crippen LogP) is 5.62. The zero-order valence-electron chi connectivity index (χ0n) is 21.9. The molecule has 39 heavy (non-hydrogen) atoms. The molecule has 198 valence electrons. The molecule has 1 aliphatic rings. The van der Waals surface area contributed by atoms with Crippen molar-refractivity contribution in [2.75, 3.05) is 11.4 Å². The van der Waals surface area contributed by atoms with E-state index in [2.05, 4.69) is 5.32 Å². The van der Waals surface area contributed by atoms with Crippen molar-refractivity contribution in [1.29, 1.82) is 0 Å². The van der Waals surface area contributed by atoms with Crippen LogP contribution in [0.2, 0.25) is 5.02 Å². The van der Waals surface area contributed by atoms with Gasteiger partial charge in [0.05, 0.1) is 5.69 Å². The number of anilines is 1. The van der Waals surface area contributed by atoms with Crippen molar-refractivity contribution < 1.29 is 14.4 Å². The summed E-state index contributed by atoms with van der Waals surface area (Å²) in [4.78, 5) is 44.3. The van der Waals surface area contributed by atoms with Gasteiger partial charge in [-0.1, -0.05) is 84.4 Å². The van der Waals surface area contributed by atoms with E-state index in [1.165, 1.54) is 4.90 Å². The number of amides is 3. The summed E-state index contributed by atoms with van der Waals surface area (Å²) >= 11 is 6.51. The summed E-state index contributed by atoms with van der Waals surface area (Å²) in [6, 6.07) is 27.3. The standard InChI is InChI=1S/C32H30ClN3O3/c1-21(2)34-31(38)28(18-22-10-4-3-5-11-22)35(19-24-12-6-7-16-26(24)33)29(37)20-36-27-17-9-14-23-13-8-15-25(30(23)27)32(36)39/h3-17,21,28H,18-20H2,1-2H3,(H,34,38). The zero-order chi connectivity index (χ0) is 27.5. The highest BCUT2D eigenvalue weighted by molar-refractivity contribution is 6.31. The zero-order valence-corrected chi connectivity index (χ0v) is 22.7. The Morgan fingerprint density at radius 3 is 2.31 bits per heavy atom. The second-order valence-electron chi connectivity index (χ2n) is 10.1. The van der Waals surface area contributed by atoms with E-state index in [4.69, 9.17) is 11.6 Å². The molecule has 0 saturated carbocycles. The fourth-order valence-corrected chi connectivity index (χ4v) is 5.30. The molecule has 1 N–H and O–H groups in total. The molecule has 0 radical (unpaired) electrons. The summed E-state index contributed by atoms with van der Waals surface area (Å²) in [5, 5.41) is 5.28. The molecule has 1 unspecified atom stereocenters. The Morgan fingerprint density at radius 2 is 1.59 bits per heavy atom. The molecule has 7 heteroatoms. The van der Waals surface area contributed by atoms with Crippen molar-refractivity contribution in [3.05, 3.63) is 113 Å². The molecule has 4 aromatic rings. The van der Waals surface area contributed by atoms with E-state index in [1.54, 1.807) is 17.0 Å². The minimum Gasteiger partial charge on any atom is -0.352 e. The van der Waals surface area contributed by atoms with Gasteiger partial charge in [-0.2, -0.15) is 0 Å². The van der Waals surface area contributed by atoms with Crippen LogP contribution in [0.1, 0.15) is 35.3 Å². The maximum absolute atomic E-state index is 14.2. The maximum Gasteiger partial charge on any atom is 0.259 e. The normalized spacial score (nSPS) is 13.1. The van der Waals surface area contributed by atoms with Gasteiger partial charge in [-0.3, -0.25) is 19.3 Å². The number of rotatable bonds is 9. The monoisotopic (exact) mass is 539 g/mol. The molecule has 0 bridgehead atoms. The lowest BCUT2D eigenvalue weighted by Gasteiger charge is -2.33. The van der Waals surface area contributed by atoms with Crippen LogP contribution < -0.4 is 10.2 Å². The van der Waals surface area contributed by atoms with Crippen molar-refractivity contribution in [2.24, 2.45) is 0 Å². The number of hydrogen-bond acceptors (Lipinski definition) is 3. The van der Waals surface area contributed by atoms with E-state index in [9.17, 15) is 14.4 Å². The fraction of sp³-hybridized carbons (Fsp3) is 0.219. The lowest BCUT2D eigenvalue weighted by molar-refractivity contribution is -0.140. The van der Waals surface area contributed by atoms with Crippen molar-refractivity contribution in [2.45, 2.75) is 38.9 Å². The van der Waals surface area contributed by atoms with Crippen LogP contribution in [0, 0.1) is 0 Å². The Balaban J connectivity index is 1.52. The lowest BCUT2D eigenvalue weighted by atomic mass is 10.0. The van der Waals surface area contributed by atoms with Gasteiger partial charge in [0.15, 0.2) is 0 Å². The fourth-order valence-electron chi connectivity index (χ4n) is 5.11. The molecule has 1 aliphatic heterocycles. The van der Waals surface area contributed by atoms with Gasteiger partial charge in [-0.15, -0.1) is 0 Å². The number of halogens is 1. The van der Waals surface area contributed by atoms with Crippen LogP contribution >= 0.6 is 11.6 Å². The molecule has 3 amide bonds. The average molecular weight is 540 g/mol. The third-order valence-electron chi connectivity index (χ3n) is 6.94. The Hall–Kier alpha value is -4.16. The Morgan fingerprint density at radius 1 is 0.897 bits per heavy atom. The van der Waals surface area contributed by atoms with Crippen molar-refractivity contribution in [3.63, 3.8) is 0 Å². The second kappa shape index (κ2) is 11.3. The highest BCUT2D eigenvalue weighted by Gasteiger charge is 2.36. The number of nitrogens with one attached hydrogen (secondary N) is 1. The van der Waals surface area contributed by atoms with Gasteiger partial charge in [-0.05, 0) is 48.6 Å². The third-order valence-corrected chi connectivity index (χ3v) is 7.31. The van der Waals surface area contributed by atoms with Crippen LogP contribution in [-0.4, -0.2) is 41.2 Å². The van der Waals surface area contributed by atoms with Gasteiger partial charge >= 0.3 is 0 Å². The van der Waals surface area contributed by atoms with Gasteiger partial charge in [0.1, 0.15) is 12.6 Å². The molecule has 0 aliphatic carbocycles. The second-order valence-corrected chi connectivity index (χ2v) is 10.5. The first-order valence-corrected chi connectivity index (χ1v) is 13.4. The Bertz CT molecular complexity index is 1530. The van der Waals surface area contributed by atoms with E-state index < -0.39 is 6.04 Å². The summed E-state index contributed by atoms with van der Waals surface area (Å²) in [7, 11) is 0. The lowest BCUT2D eigenvalue weighted by Crippen LogP contribution is -2.54. The van der Waals surface area contributed by atoms with Crippen LogP contribution in [0.15, 0.2) is 91.0 Å². The van der Waals surface area contributed by atoms with Gasteiger partial charge in [0.25, 0.3) is 5.91 Å². The van der Waals surface area contributed by atoms with Crippen molar-refractivity contribution in [1.82, 2.24) is 10.2 Å². The van der Waals surface area contributed by atoms with Gasteiger partial charge in [0, 0.05) is 35.0 Å². The summed E-state index contributed by atoms with van der Waals surface area (Å²) in [6.45, 7) is 3.70. The Labute approximate surface area is 233 Å². The molecule has 0 spiro atoms. The molecule has 1 heterocycles. The molecule has 5 rings (SSSR count). The van der Waals surface area contributed by atoms with Crippen LogP contribution in [0.3, 0.4) is 0 Å². The van der Waals surface area contributed by atoms with E-state index in [0.29, 0.717) is 22.7 Å². The first-order valence-electron chi connectivity index (χ1n) is 13.0. The topological polar surface area (TPSA) is 69.7 Å². The minimum absolute atomic E-state index is 0.111. The number of hydrogen-bond donors (Lipinski definition) is 1. The van der Waals surface area contributed by atoms with Gasteiger partial charge in [-0.25, -0.2) is 0 Å². The molecule has 1 atom stereocenters. The van der Waals surface area contributed by atoms with E-state index in [1.807, 2.05) is 92.7 Å². The molecule has 4 aromatic carbocycles. The minimum atomic E-state index is -0.811. The van der Waals surface area contributed by atoms with Crippen LogP contribution in [0.5, 0.6) is 0 Å². The SMILES string of the molecule is CC(C)NC(=O)C(Cc1ccccc1)N(Cc1ccccc1Cl)C(=O)CN1C(=O)c2cccc3cccc1c23. The first-order chi connectivity index (χ1) is 18.8. The first kappa shape index (κ1) is 26.4. The maximum atomic E-state index is 14.2. The number of carbonyl (C=O) groups excluding carboxylic acids is 3. The largest absolute Gasteiger partial charge is 0.352 e. The summed E-state index contributed by atoms with van der Waals surface area (Å²) in [5.41, 5.74) is 2.92. The third kappa shape index (κ3) is 5.52. The van der Waals surface area contributed by atoms with Crippen LogP contribution in [0.4, 0.5) is 5.69 Å². The number of nitrogens with zero attached hydrogens (tertiary/aromatic N) is 2. The molecule has 6 nitrogen and oxygen atoms in total. The van der Waals surface area contributed by atoms with Gasteiger partial charge < -0.3 is 10.2 Å². The Kier molecular flexibility index (Phi) is 7.66. The molecule has 0 aromatic heterocycles. The van der Waals surface area contributed by atoms with Crippen LogP contribution in [0.25, 0.3) is 10.8 Å². The molecule has 0 fully saturated rings. The summed E-state index contributed by atoms with van der Waals surface area (Å²) < 4.78 is 0. The highest BCUT2D eigenvalue weighted by atomic mass is 35.5. The van der Waals surface area contributed by atoms with Crippen molar-refractivity contribution >= 4 is 45.8 Å². The van der Waals surface area contributed by atoms with E-state index in [-0.39, 0.29) is 36.9 Å². The average Bonchev–Trinajstić information content (AvgIpc) is 3.19. The summed E-state index contributed by atoms with van der Waals surface area (Å²) in [5.74, 6) is -0.820. The summed E-state index contributed by atoms with van der Waals surface area (Å²) in [6.07, 6.45) is 0.319. The van der Waals surface area contributed by atoms with E-state index >= 15 is 0 Å². The molecular weight excluding hydrogens is 510 g/mol. The number of carbonyl (C=O) groups is 3. The van der Waals surface area contributed by atoms with E-state index in [0.717, 1.165) is 21.9 Å². The molecular formula is C32H30ClN3O3. The molecule has 0 saturated heterocycles. The van der Waals surface area contributed by atoms with Crippen LogP contribution in [-0.2, 0) is 22.6 Å². The number of benzene rings is 4. The predicted molar refractivity (Wildman–Crippen MR) is 155 cm³/mol. The van der Waals surface area contributed by atoms with Gasteiger partial charge in [0.2, 0.25) is 11.8 Å². The van der Waals surface area contributed by atoms with Crippen molar-refractivity contribution in [3.8, 4) is 0 Å². The highest BCUT2D eigenvalue weighted by Crippen LogP contribution is 2.37.